The van der Waals surface area contributed by atoms with Gasteiger partial charge in [0, 0.05) is 6.07 Å². The normalized spacial score (nSPS) is 16.8. The third-order valence-corrected chi connectivity index (χ3v) is 3.17. The van der Waals surface area contributed by atoms with Crippen molar-refractivity contribution in [2.75, 3.05) is 0 Å². The third-order valence-electron chi connectivity index (χ3n) is 3.17. The van der Waals surface area contributed by atoms with E-state index in [4.69, 9.17) is 4.74 Å². The van der Waals surface area contributed by atoms with E-state index in [1.165, 1.54) is 0 Å². The van der Waals surface area contributed by atoms with E-state index >= 15 is 0 Å². The van der Waals surface area contributed by atoms with Crippen molar-refractivity contribution in [1.82, 2.24) is 0 Å². The van der Waals surface area contributed by atoms with E-state index < -0.39 is 18.3 Å². The fourth-order valence-electron chi connectivity index (χ4n) is 2.24. The third kappa shape index (κ3) is 5.04. The van der Waals surface area contributed by atoms with Gasteiger partial charge in [-0.3, -0.25) is 0 Å². The van der Waals surface area contributed by atoms with Crippen LogP contribution < -0.4 is 61.6 Å². The topological polar surface area (TPSA) is 9.23 Å². The summed E-state index contributed by atoms with van der Waals surface area (Å²) in [6.07, 6.45) is 4.23. The van der Waals surface area contributed by atoms with Gasteiger partial charge in [-0.15, -0.1) is 0 Å². The van der Waals surface area contributed by atoms with Crippen molar-refractivity contribution in [2.45, 2.75) is 38.2 Å². The molecule has 100 valence electrons. The van der Waals surface area contributed by atoms with Gasteiger partial charge in [0.15, 0.2) is 0 Å². The van der Waals surface area contributed by atoms with Crippen molar-refractivity contribution >= 4 is 12.4 Å². The number of hydrogen-bond donors (Lipinski definition) is 0. The standard InChI is InChI=1S/C12H14BF4O.K/c14-9-6-7-11(13(15,16)17)12(8-9)18-10-4-2-1-3-5-10;/h6-8,10H,1-5H2;/q-1;+1. The Labute approximate surface area is 152 Å². The molecule has 19 heavy (non-hydrogen) atoms. The Morgan fingerprint density at radius 2 is 1.68 bits per heavy atom. The first kappa shape index (κ1) is 17.5. The first-order valence-electron chi connectivity index (χ1n) is 6.13. The molecule has 1 fully saturated rings. The summed E-state index contributed by atoms with van der Waals surface area (Å²) in [7, 11) is 0. The average Bonchev–Trinajstić information content (AvgIpc) is 2.28. The van der Waals surface area contributed by atoms with Crippen LogP contribution >= 0.6 is 0 Å². The van der Waals surface area contributed by atoms with Gasteiger partial charge in [-0.05, 0) is 31.7 Å². The van der Waals surface area contributed by atoms with E-state index in [-0.39, 0.29) is 63.2 Å². The molecule has 1 aliphatic rings. The van der Waals surface area contributed by atoms with Crippen molar-refractivity contribution in [1.29, 1.82) is 0 Å². The van der Waals surface area contributed by atoms with Gasteiger partial charge in [0.05, 0.1) is 11.9 Å². The number of benzene rings is 1. The molecule has 1 aromatic carbocycles. The molecule has 1 aliphatic carbocycles. The molecule has 0 saturated heterocycles. The summed E-state index contributed by atoms with van der Waals surface area (Å²) in [6.45, 7) is -5.17. The van der Waals surface area contributed by atoms with E-state index in [0.29, 0.717) is 0 Å². The van der Waals surface area contributed by atoms with Crippen LogP contribution in [-0.4, -0.2) is 13.1 Å². The molecule has 7 heteroatoms. The molecule has 0 amide bonds. The maximum Gasteiger partial charge on any atom is 1.00 e. The predicted molar refractivity (Wildman–Crippen MR) is 62.6 cm³/mol. The van der Waals surface area contributed by atoms with Crippen molar-refractivity contribution in [3.63, 3.8) is 0 Å². The quantitative estimate of drug-likeness (QED) is 0.587. The van der Waals surface area contributed by atoms with E-state index in [1.807, 2.05) is 0 Å². The van der Waals surface area contributed by atoms with Gasteiger partial charge >= 0.3 is 58.4 Å². The fourth-order valence-corrected chi connectivity index (χ4v) is 2.24. The number of halogens is 4. The van der Waals surface area contributed by atoms with Gasteiger partial charge in [-0.25, -0.2) is 4.39 Å². The molecule has 0 radical (unpaired) electrons. The number of hydrogen-bond acceptors (Lipinski definition) is 1. The second-order valence-corrected chi connectivity index (χ2v) is 4.63. The monoisotopic (exact) mass is 300 g/mol. The molecule has 2 rings (SSSR count). The van der Waals surface area contributed by atoms with Crippen LogP contribution in [0.25, 0.3) is 0 Å². The summed E-state index contributed by atoms with van der Waals surface area (Å²) in [5.41, 5.74) is -0.845. The van der Waals surface area contributed by atoms with E-state index in [0.717, 1.165) is 50.3 Å². The van der Waals surface area contributed by atoms with Crippen molar-refractivity contribution in [3.8, 4) is 5.75 Å². The summed E-state index contributed by atoms with van der Waals surface area (Å²) in [5, 5.41) is 0. The second kappa shape index (κ2) is 7.45. The Morgan fingerprint density at radius 1 is 1.05 bits per heavy atom. The van der Waals surface area contributed by atoms with Gasteiger partial charge in [0.25, 0.3) is 0 Å². The van der Waals surface area contributed by atoms with Crippen LogP contribution in [0.1, 0.15) is 32.1 Å². The molecule has 1 aromatic rings. The Balaban J connectivity index is 0.00000180. The SMILES string of the molecule is Fc1ccc([B-](F)(F)F)c(OC2CCCCC2)c1.[K+]. The van der Waals surface area contributed by atoms with Crippen molar-refractivity contribution in [3.05, 3.63) is 24.0 Å². The van der Waals surface area contributed by atoms with Crippen molar-refractivity contribution in [2.24, 2.45) is 0 Å². The summed E-state index contributed by atoms with van der Waals surface area (Å²) in [5.74, 6) is -1.07. The molecule has 1 nitrogen and oxygen atoms in total. The minimum atomic E-state index is -5.17. The molecule has 0 unspecified atom stereocenters. The molecular formula is C12H14BF4KO. The Morgan fingerprint density at radius 3 is 2.26 bits per heavy atom. The van der Waals surface area contributed by atoms with Crippen LogP contribution in [0, 0.1) is 5.82 Å². The summed E-state index contributed by atoms with van der Waals surface area (Å²) < 4.78 is 56.8. The molecule has 0 spiro atoms. The van der Waals surface area contributed by atoms with Crippen LogP contribution in [0.3, 0.4) is 0 Å². The zero-order valence-corrected chi connectivity index (χ0v) is 14.0. The zero-order chi connectivity index (χ0) is 13.2. The van der Waals surface area contributed by atoms with Crippen LogP contribution in [0.5, 0.6) is 5.75 Å². The van der Waals surface area contributed by atoms with Crippen molar-refractivity contribution < 1.29 is 73.5 Å². The maximum absolute atomic E-state index is 13.0. The van der Waals surface area contributed by atoms with Crippen LogP contribution in [-0.2, 0) is 0 Å². The summed E-state index contributed by atoms with van der Waals surface area (Å²) in [4.78, 5) is 0. The average molecular weight is 300 g/mol. The Bertz CT molecular complexity index is 419. The molecule has 0 heterocycles. The molecule has 0 atom stereocenters. The molecule has 0 aliphatic heterocycles. The van der Waals surface area contributed by atoms with Gasteiger partial charge in [0.2, 0.25) is 0 Å². The molecular weight excluding hydrogens is 286 g/mol. The minimum absolute atomic E-state index is 0. The first-order chi connectivity index (χ1) is 8.47. The zero-order valence-electron chi connectivity index (χ0n) is 10.8. The second-order valence-electron chi connectivity index (χ2n) is 4.63. The summed E-state index contributed by atoms with van der Waals surface area (Å²) >= 11 is 0. The summed E-state index contributed by atoms with van der Waals surface area (Å²) in [6, 6.07) is 2.41. The van der Waals surface area contributed by atoms with Gasteiger partial charge in [-0.1, -0.05) is 17.9 Å². The van der Waals surface area contributed by atoms with Crippen LogP contribution in [0.4, 0.5) is 17.3 Å². The van der Waals surface area contributed by atoms with E-state index in [2.05, 4.69) is 0 Å². The largest absolute Gasteiger partial charge is 1.00 e. The van der Waals surface area contributed by atoms with Crippen LogP contribution in [0.2, 0.25) is 0 Å². The van der Waals surface area contributed by atoms with E-state index in [1.54, 1.807) is 0 Å². The molecule has 0 N–H and O–H groups in total. The number of ether oxygens (including phenoxy) is 1. The Kier molecular flexibility index (Phi) is 6.86. The van der Waals surface area contributed by atoms with Gasteiger partial charge in [0.1, 0.15) is 5.82 Å². The smallest absolute Gasteiger partial charge is 0.493 e. The number of rotatable bonds is 3. The molecule has 1 saturated carbocycles. The maximum atomic E-state index is 13.0. The van der Waals surface area contributed by atoms with E-state index in [9.17, 15) is 17.3 Å². The fraction of sp³-hybridized carbons (Fsp3) is 0.500. The molecule has 0 bridgehead atoms. The first-order valence-corrected chi connectivity index (χ1v) is 6.13. The van der Waals surface area contributed by atoms with Gasteiger partial charge in [-0.2, -0.15) is 0 Å². The van der Waals surface area contributed by atoms with Crippen LogP contribution in [0.15, 0.2) is 18.2 Å². The van der Waals surface area contributed by atoms with Gasteiger partial charge < -0.3 is 17.7 Å². The molecule has 0 aromatic heterocycles. The Hall–Kier alpha value is 0.441. The minimum Gasteiger partial charge on any atom is -0.493 e. The predicted octanol–water partition coefficient (Wildman–Crippen LogP) is 0.596.